The van der Waals surface area contributed by atoms with E-state index in [0.717, 1.165) is 0 Å². The van der Waals surface area contributed by atoms with Crippen LogP contribution in [0.4, 0.5) is 0 Å². The van der Waals surface area contributed by atoms with Crippen LogP contribution in [0.5, 0.6) is 0 Å². The fraction of sp³-hybridized carbons (Fsp3) is 1.00. The second kappa shape index (κ2) is 3.73. The lowest BCUT2D eigenvalue weighted by atomic mass is 10.1. The number of hydrogen-bond donors (Lipinski definition) is 2. The molecule has 1 heterocycles. The van der Waals surface area contributed by atoms with Crippen LogP contribution in [0.2, 0.25) is 0 Å². The van der Waals surface area contributed by atoms with Gasteiger partial charge in [0.1, 0.15) is 12.2 Å². The zero-order chi connectivity index (χ0) is 9.14. The molecule has 2 N–H and O–H groups in total. The van der Waals surface area contributed by atoms with Gasteiger partial charge in [0.25, 0.3) is 0 Å². The molecule has 68 valence electrons. The highest BCUT2D eigenvalue weighted by atomic mass is 16.5. The molecule has 0 amide bonds. The molecule has 1 aliphatic rings. The maximum absolute atomic E-state index is 9.30. The zero-order valence-corrected chi connectivity index (χ0v) is 6.66. The fourth-order valence-electron chi connectivity index (χ4n) is 1.20. The van der Waals surface area contributed by atoms with Crippen LogP contribution in [0.25, 0.3) is 10.4 Å². The number of rotatable bonds is 2. The van der Waals surface area contributed by atoms with Crippen LogP contribution in [0.15, 0.2) is 5.11 Å². The first-order valence-electron chi connectivity index (χ1n) is 3.69. The van der Waals surface area contributed by atoms with Crippen LogP contribution in [0.1, 0.15) is 6.92 Å². The van der Waals surface area contributed by atoms with Crippen LogP contribution in [-0.4, -0.2) is 41.2 Å². The number of aliphatic hydroxyl groups excluding tert-OH is 2. The van der Waals surface area contributed by atoms with Gasteiger partial charge in [-0.25, -0.2) is 0 Å². The third kappa shape index (κ3) is 1.67. The summed E-state index contributed by atoms with van der Waals surface area (Å²) in [6, 6.07) is 0. The average molecular weight is 173 g/mol. The van der Waals surface area contributed by atoms with Gasteiger partial charge in [-0.15, -0.1) is 0 Å². The van der Waals surface area contributed by atoms with E-state index in [0.29, 0.717) is 0 Å². The summed E-state index contributed by atoms with van der Waals surface area (Å²) in [6.07, 6.45) is -2.82. The van der Waals surface area contributed by atoms with Crippen LogP contribution in [0.3, 0.4) is 0 Å². The van der Waals surface area contributed by atoms with Gasteiger partial charge >= 0.3 is 0 Å². The van der Waals surface area contributed by atoms with Crippen molar-refractivity contribution in [2.24, 2.45) is 5.11 Å². The van der Waals surface area contributed by atoms with Crippen molar-refractivity contribution in [1.82, 2.24) is 0 Å². The van der Waals surface area contributed by atoms with Gasteiger partial charge in [-0.05, 0) is 12.5 Å². The highest BCUT2D eigenvalue weighted by molar-refractivity contribution is 4.89. The normalized spacial score (nSPS) is 40.9. The molecule has 1 rings (SSSR count). The molecule has 1 aliphatic heterocycles. The topological polar surface area (TPSA) is 98.5 Å². The van der Waals surface area contributed by atoms with Gasteiger partial charge in [-0.2, -0.15) is 0 Å². The van der Waals surface area contributed by atoms with Crippen molar-refractivity contribution in [3.05, 3.63) is 10.4 Å². The molecule has 1 saturated heterocycles. The maximum atomic E-state index is 9.30. The Labute approximate surface area is 69.4 Å². The monoisotopic (exact) mass is 173 g/mol. The smallest absolute Gasteiger partial charge is 0.109 e. The van der Waals surface area contributed by atoms with E-state index in [-0.39, 0.29) is 6.54 Å². The summed E-state index contributed by atoms with van der Waals surface area (Å²) < 4.78 is 5.12. The molecular weight excluding hydrogens is 162 g/mol. The van der Waals surface area contributed by atoms with Gasteiger partial charge in [-0.3, -0.25) is 0 Å². The number of nitrogens with zero attached hydrogens (tertiary/aromatic N) is 3. The number of aliphatic hydroxyl groups is 2. The summed E-state index contributed by atoms with van der Waals surface area (Å²) in [5, 5.41) is 21.8. The molecule has 0 aromatic heterocycles. The standard InChI is InChI=1S/C6H11N3O3/c1-3-5(10)6(11)4(12-3)2-8-9-7/h3-6,10-11H,2H2,1H3/t3?,4-,5-,6-/m0/s1. The first-order chi connectivity index (χ1) is 5.66. The molecular formula is C6H11N3O3. The SMILES string of the molecule is CC1O[C@@H](CN=[N+]=[N-])[C@H](O)[C@H]1O. The van der Waals surface area contributed by atoms with Crippen molar-refractivity contribution in [2.45, 2.75) is 31.3 Å². The van der Waals surface area contributed by atoms with Crippen molar-refractivity contribution in [3.8, 4) is 0 Å². The zero-order valence-electron chi connectivity index (χ0n) is 6.66. The minimum atomic E-state index is -0.953. The fourth-order valence-corrected chi connectivity index (χ4v) is 1.20. The van der Waals surface area contributed by atoms with Gasteiger partial charge in [0, 0.05) is 4.91 Å². The van der Waals surface area contributed by atoms with E-state index in [1.807, 2.05) is 0 Å². The molecule has 6 nitrogen and oxygen atoms in total. The van der Waals surface area contributed by atoms with Crippen molar-refractivity contribution < 1.29 is 14.9 Å². The lowest BCUT2D eigenvalue weighted by Gasteiger charge is -2.10. The molecule has 0 aromatic rings. The molecule has 4 atom stereocenters. The largest absolute Gasteiger partial charge is 0.388 e. The van der Waals surface area contributed by atoms with E-state index in [4.69, 9.17) is 10.3 Å². The van der Waals surface area contributed by atoms with Crippen LogP contribution < -0.4 is 0 Å². The molecule has 0 spiro atoms. The van der Waals surface area contributed by atoms with Crippen molar-refractivity contribution in [1.29, 1.82) is 0 Å². The Morgan fingerprint density at radius 2 is 2.17 bits per heavy atom. The Kier molecular flexibility index (Phi) is 2.88. The highest BCUT2D eigenvalue weighted by Gasteiger charge is 2.39. The predicted octanol–water partition coefficient (Wildman–Crippen LogP) is -0.194. The molecule has 0 bridgehead atoms. The lowest BCUT2D eigenvalue weighted by Crippen LogP contribution is -2.32. The predicted molar refractivity (Wildman–Crippen MR) is 40.4 cm³/mol. The van der Waals surface area contributed by atoms with Gasteiger partial charge in [0.05, 0.1) is 18.8 Å². The van der Waals surface area contributed by atoms with Gasteiger partial charge < -0.3 is 14.9 Å². The van der Waals surface area contributed by atoms with Crippen LogP contribution >= 0.6 is 0 Å². The first-order valence-corrected chi connectivity index (χ1v) is 3.69. The molecule has 1 fully saturated rings. The summed E-state index contributed by atoms with van der Waals surface area (Å²) in [7, 11) is 0. The van der Waals surface area contributed by atoms with Gasteiger partial charge in [-0.1, -0.05) is 5.11 Å². The molecule has 0 aliphatic carbocycles. The third-order valence-corrected chi connectivity index (χ3v) is 1.93. The lowest BCUT2D eigenvalue weighted by molar-refractivity contribution is 0.0224. The van der Waals surface area contributed by atoms with E-state index in [2.05, 4.69) is 10.0 Å². The van der Waals surface area contributed by atoms with Crippen molar-refractivity contribution in [3.63, 3.8) is 0 Å². The second-order valence-electron chi connectivity index (χ2n) is 2.77. The van der Waals surface area contributed by atoms with Gasteiger partial charge in [0.15, 0.2) is 0 Å². The van der Waals surface area contributed by atoms with E-state index < -0.39 is 24.4 Å². The molecule has 0 saturated carbocycles. The third-order valence-electron chi connectivity index (χ3n) is 1.93. The highest BCUT2D eigenvalue weighted by Crippen LogP contribution is 2.20. The molecule has 0 radical (unpaired) electrons. The van der Waals surface area contributed by atoms with Crippen molar-refractivity contribution >= 4 is 0 Å². The van der Waals surface area contributed by atoms with Crippen LogP contribution in [0, 0.1) is 0 Å². The van der Waals surface area contributed by atoms with Crippen LogP contribution in [-0.2, 0) is 4.74 Å². The summed E-state index contributed by atoms with van der Waals surface area (Å²) in [4.78, 5) is 2.54. The molecule has 12 heavy (non-hydrogen) atoms. The minimum absolute atomic E-state index is 0.0546. The average Bonchev–Trinajstić information content (AvgIpc) is 2.30. The summed E-state index contributed by atoms with van der Waals surface area (Å²) in [5.74, 6) is 0. The van der Waals surface area contributed by atoms with Gasteiger partial charge in [0.2, 0.25) is 0 Å². The molecule has 0 aromatic carbocycles. The quantitative estimate of drug-likeness (QED) is 0.344. The van der Waals surface area contributed by atoms with E-state index >= 15 is 0 Å². The second-order valence-corrected chi connectivity index (χ2v) is 2.77. The molecule has 1 unspecified atom stereocenters. The first kappa shape index (κ1) is 9.28. The minimum Gasteiger partial charge on any atom is -0.388 e. The van der Waals surface area contributed by atoms with E-state index in [9.17, 15) is 10.2 Å². The van der Waals surface area contributed by atoms with E-state index in [1.54, 1.807) is 6.92 Å². The maximum Gasteiger partial charge on any atom is 0.109 e. The Morgan fingerprint density at radius 1 is 1.50 bits per heavy atom. The Morgan fingerprint density at radius 3 is 2.58 bits per heavy atom. The Hall–Kier alpha value is -0.810. The molecule has 6 heteroatoms. The number of ether oxygens (including phenoxy) is 1. The Bertz CT molecular complexity index is 204. The van der Waals surface area contributed by atoms with Crippen molar-refractivity contribution in [2.75, 3.05) is 6.54 Å². The number of hydrogen-bond acceptors (Lipinski definition) is 4. The summed E-state index contributed by atoms with van der Waals surface area (Å²) in [5.41, 5.74) is 8.00. The summed E-state index contributed by atoms with van der Waals surface area (Å²) in [6.45, 7) is 1.71. The number of azide groups is 1. The Balaban J connectivity index is 2.52. The van der Waals surface area contributed by atoms with E-state index in [1.165, 1.54) is 0 Å². The summed E-state index contributed by atoms with van der Waals surface area (Å²) >= 11 is 0.